The molecule has 1 fully saturated rings. The minimum atomic E-state index is -1.27. The quantitative estimate of drug-likeness (QED) is 0.483. The number of aliphatic hydroxyl groups is 2. The lowest BCUT2D eigenvalue weighted by atomic mass is 9.54. The molecule has 0 aromatic rings. The highest BCUT2D eigenvalue weighted by molar-refractivity contribution is 6.10. The van der Waals surface area contributed by atoms with Gasteiger partial charge in [-0.2, -0.15) is 0 Å². The van der Waals surface area contributed by atoms with Gasteiger partial charge < -0.3 is 15.5 Å². The van der Waals surface area contributed by atoms with Crippen LogP contribution in [-0.4, -0.2) is 46.4 Å². The number of carbonyl (C=O) groups excluding carboxylic acids is 3. The lowest BCUT2D eigenvalue weighted by Crippen LogP contribution is -2.52. The van der Waals surface area contributed by atoms with Gasteiger partial charge in [-0.15, -0.1) is 0 Å². The Kier molecular flexibility index (Phi) is 6.68. The first-order valence-electron chi connectivity index (χ1n) is 11.2. The standard InChI is InChI=1S/C24H35NO5/c1-13(2)9-18-22-15(4)16(12-26)11-17-10-14(3)5-6-19(27)20(28)7-8-21(29)24(17,22)23(30)25-18/h10-11,13,15,17-19,22,26-27H,5-9,12H2,1-4H3,(H,25,30)/b14-10+/t15-,17+,18+,19-,22+,24-/m1/s1. The summed E-state index contributed by atoms with van der Waals surface area (Å²) < 4.78 is 0. The number of hydrogen-bond acceptors (Lipinski definition) is 5. The number of Topliss-reactive ketones (excluding diaryl/α,β-unsaturated/α-hetero) is 2. The van der Waals surface area contributed by atoms with Crippen molar-refractivity contribution in [3.8, 4) is 0 Å². The fourth-order valence-electron chi connectivity index (χ4n) is 5.82. The molecule has 1 aliphatic heterocycles. The number of allylic oxidation sites excluding steroid dienone is 3. The predicted molar refractivity (Wildman–Crippen MR) is 113 cm³/mol. The summed E-state index contributed by atoms with van der Waals surface area (Å²) in [5.74, 6) is -1.35. The van der Waals surface area contributed by atoms with Crippen molar-refractivity contribution < 1.29 is 24.6 Å². The van der Waals surface area contributed by atoms with Crippen LogP contribution in [0, 0.1) is 29.1 Å². The number of carbonyl (C=O) groups is 3. The molecule has 0 radical (unpaired) electrons. The Morgan fingerprint density at radius 2 is 1.87 bits per heavy atom. The second-order valence-corrected chi connectivity index (χ2v) is 9.78. The molecule has 2 aliphatic carbocycles. The van der Waals surface area contributed by atoms with Crippen LogP contribution in [0.5, 0.6) is 0 Å². The second-order valence-electron chi connectivity index (χ2n) is 9.78. The molecule has 1 heterocycles. The van der Waals surface area contributed by atoms with Crippen molar-refractivity contribution in [2.24, 2.45) is 29.1 Å². The van der Waals surface area contributed by atoms with E-state index in [0.717, 1.165) is 17.6 Å². The van der Waals surface area contributed by atoms with Gasteiger partial charge in [0.1, 0.15) is 17.3 Å². The number of amides is 1. The average molecular weight is 418 g/mol. The minimum Gasteiger partial charge on any atom is -0.392 e. The molecule has 3 aliphatic rings. The van der Waals surface area contributed by atoms with Crippen LogP contribution in [-0.2, 0) is 14.4 Å². The maximum absolute atomic E-state index is 13.7. The van der Waals surface area contributed by atoms with Crippen LogP contribution >= 0.6 is 0 Å². The van der Waals surface area contributed by atoms with Crippen molar-refractivity contribution in [3.05, 3.63) is 23.3 Å². The molecular formula is C24H35NO5. The summed E-state index contributed by atoms with van der Waals surface area (Å²) in [5, 5.41) is 23.3. The number of aliphatic hydroxyl groups excluding tert-OH is 2. The van der Waals surface area contributed by atoms with Crippen molar-refractivity contribution >= 4 is 17.5 Å². The lowest BCUT2D eigenvalue weighted by Gasteiger charge is -2.45. The number of rotatable bonds is 3. The van der Waals surface area contributed by atoms with Crippen molar-refractivity contribution in [1.29, 1.82) is 0 Å². The Bertz CT molecular complexity index is 782. The molecule has 6 atom stereocenters. The normalized spacial score (nSPS) is 39.4. The van der Waals surface area contributed by atoms with Crippen molar-refractivity contribution in [2.75, 3.05) is 6.61 Å². The molecule has 0 bridgehead atoms. The van der Waals surface area contributed by atoms with Gasteiger partial charge in [0.2, 0.25) is 5.91 Å². The van der Waals surface area contributed by atoms with Crippen LogP contribution in [0.15, 0.2) is 23.3 Å². The summed E-state index contributed by atoms with van der Waals surface area (Å²) in [6, 6.07) is -0.158. The third-order valence-electron chi connectivity index (χ3n) is 7.31. The Balaban J connectivity index is 2.18. The molecule has 6 heteroatoms. The molecule has 0 aromatic carbocycles. The van der Waals surface area contributed by atoms with Crippen LogP contribution in [0.1, 0.15) is 59.8 Å². The van der Waals surface area contributed by atoms with E-state index in [4.69, 9.17) is 0 Å². The van der Waals surface area contributed by atoms with E-state index in [1.807, 2.05) is 26.0 Å². The third-order valence-corrected chi connectivity index (χ3v) is 7.31. The van der Waals surface area contributed by atoms with E-state index in [-0.39, 0.29) is 54.8 Å². The molecule has 0 saturated carbocycles. The van der Waals surface area contributed by atoms with Gasteiger partial charge in [-0.25, -0.2) is 0 Å². The molecular weight excluding hydrogens is 382 g/mol. The zero-order valence-corrected chi connectivity index (χ0v) is 18.5. The predicted octanol–water partition coefficient (Wildman–Crippen LogP) is 2.34. The summed E-state index contributed by atoms with van der Waals surface area (Å²) >= 11 is 0. The van der Waals surface area contributed by atoms with Crippen LogP contribution < -0.4 is 5.32 Å². The molecule has 1 saturated heterocycles. The molecule has 0 unspecified atom stereocenters. The zero-order valence-electron chi connectivity index (χ0n) is 18.5. The van der Waals surface area contributed by atoms with E-state index >= 15 is 0 Å². The van der Waals surface area contributed by atoms with E-state index in [2.05, 4.69) is 19.2 Å². The summed E-state index contributed by atoms with van der Waals surface area (Å²) in [6.45, 7) is 7.97. The fourth-order valence-corrected chi connectivity index (χ4v) is 5.82. The lowest BCUT2D eigenvalue weighted by molar-refractivity contribution is -0.146. The van der Waals surface area contributed by atoms with Gasteiger partial charge >= 0.3 is 0 Å². The van der Waals surface area contributed by atoms with Crippen LogP contribution in [0.2, 0.25) is 0 Å². The van der Waals surface area contributed by atoms with E-state index in [0.29, 0.717) is 18.8 Å². The number of ketones is 2. The van der Waals surface area contributed by atoms with E-state index in [1.165, 1.54) is 0 Å². The molecule has 166 valence electrons. The molecule has 1 amide bonds. The molecule has 30 heavy (non-hydrogen) atoms. The maximum atomic E-state index is 13.7. The van der Waals surface area contributed by atoms with E-state index in [9.17, 15) is 24.6 Å². The van der Waals surface area contributed by atoms with Crippen LogP contribution in [0.25, 0.3) is 0 Å². The highest BCUT2D eigenvalue weighted by Crippen LogP contribution is 2.55. The summed E-state index contributed by atoms with van der Waals surface area (Å²) in [7, 11) is 0. The van der Waals surface area contributed by atoms with Gasteiger partial charge in [-0.3, -0.25) is 14.4 Å². The molecule has 1 spiro atoms. The number of nitrogens with one attached hydrogen (secondary N) is 1. The van der Waals surface area contributed by atoms with Crippen LogP contribution in [0.3, 0.4) is 0 Å². The third kappa shape index (κ3) is 3.80. The van der Waals surface area contributed by atoms with Crippen molar-refractivity contribution in [2.45, 2.75) is 71.9 Å². The van der Waals surface area contributed by atoms with Gasteiger partial charge in [0.25, 0.3) is 0 Å². The smallest absolute Gasteiger partial charge is 0.235 e. The van der Waals surface area contributed by atoms with E-state index in [1.54, 1.807) is 0 Å². The summed E-state index contributed by atoms with van der Waals surface area (Å²) in [5.41, 5.74) is 0.519. The van der Waals surface area contributed by atoms with Crippen LogP contribution in [0.4, 0.5) is 0 Å². The summed E-state index contributed by atoms with van der Waals surface area (Å²) in [6.07, 6.45) is 4.26. The second kappa shape index (κ2) is 8.75. The van der Waals surface area contributed by atoms with Gasteiger partial charge in [-0.05, 0) is 43.6 Å². The molecule has 0 aromatic heterocycles. The van der Waals surface area contributed by atoms with Gasteiger partial charge in [0.05, 0.1) is 6.61 Å². The SMILES string of the molecule is C/C1=C\[C@H]2C=C(CO)[C@@H](C)[C@H]3[C@H](CC(C)C)NC(=O)[C@]32C(=O)CCC(=O)[C@H](O)CC1. The van der Waals surface area contributed by atoms with Gasteiger partial charge in [0.15, 0.2) is 5.78 Å². The monoisotopic (exact) mass is 417 g/mol. The topological polar surface area (TPSA) is 104 Å². The zero-order chi connectivity index (χ0) is 22.2. The van der Waals surface area contributed by atoms with Crippen molar-refractivity contribution in [3.63, 3.8) is 0 Å². The first-order chi connectivity index (χ1) is 14.1. The molecule has 3 N–H and O–H groups in total. The minimum absolute atomic E-state index is 0.0483. The largest absolute Gasteiger partial charge is 0.392 e. The first kappa shape index (κ1) is 22.9. The average Bonchev–Trinajstić information content (AvgIpc) is 2.97. The Labute approximate surface area is 178 Å². The summed E-state index contributed by atoms with van der Waals surface area (Å²) in [4.78, 5) is 39.6. The first-order valence-corrected chi connectivity index (χ1v) is 11.2. The highest BCUT2D eigenvalue weighted by Gasteiger charge is 2.65. The highest BCUT2D eigenvalue weighted by atomic mass is 16.3. The Morgan fingerprint density at radius 3 is 2.50 bits per heavy atom. The van der Waals surface area contributed by atoms with E-state index < -0.39 is 17.4 Å². The van der Waals surface area contributed by atoms with Gasteiger partial charge in [0, 0.05) is 30.7 Å². The fraction of sp³-hybridized carbons (Fsp3) is 0.708. The Morgan fingerprint density at radius 1 is 1.17 bits per heavy atom. The maximum Gasteiger partial charge on any atom is 0.235 e. The van der Waals surface area contributed by atoms with Gasteiger partial charge in [-0.1, -0.05) is 38.5 Å². The molecule has 3 rings (SSSR count). The molecule has 6 nitrogen and oxygen atoms in total. The number of hydrogen-bond donors (Lipinski definition) is 3. The Hall–Kier alpha value is -1.79. The van der Waals surface area contributed by atoms with Crippen molar-refractivity contribution in [1.82, 2.24) is 5.32 Å².